The molecule has 1 aliphatic heterocycles. The molecule has 0 aliphatic carbocycles. The van der Waals surface area contributed by atoms with Crippen LogP contribution < -0.4 is 10.5 Å². The van der Waals surface area contributed by atoms with Gasteiger partial charge < -0.3 is 10.1 Å². The number of methoxy groups -OCH3 is 1. The van der Waals surface area contributed by atoms with Gasteiger partial charge in [0.25, 0.3) is 0 Å². The van der Waals surface area contributed by atoms with E-state index in [1.807, 2.05) is 0 Å². The number of ether oxygens (including phenoxy) is 1. The largest absolute Gasteiger partial charge is 0.385 e. The van der Waals surface area contributed by atoms with Crippen molar-refractivity contribution < 1.29 is 13.2 Å². The smallest absolute Gasteiger partial charge is 0.247 e. The normalized spacial score (nSPS) is 19.3. The molecule has 1 aromatic heterocycles. The number of nitrogens with two attached hydrogens (primary N) is 1. The minimum atomic E-state index is -3.63. The number of likely N-dealkylation sites (N-methyl/N-ethyl adjacent to an activating group) is 1. The predicted octanol–water partition coefficient (Wildman–Crippen LogP) is 1.80. The zero-order valence-electron chi connectivity index (χ0n) is 12.9. The summed E-state index contributed by atoms with van der Waals surface area (Å²) in [6.45, 7) is 5.48. The molecule has 0 fully saturated rings. The highest BCUT2D eigenvalue weighted by atomic mass is 32.3. The van der Waals surface area contributed by atoms with E-state index < -0.39 is 10.0 Å². The summed E-state index contributed by atoms with van der Waals surface area (Å²) in [6, 6.07) is 1.87. The van der Waals surface area contributed by atoms with E-state index in [9.17, 15) is 8.42 Å². The zero-order valence-corrected chi connectivity index (χ0v) is 15.3. The number of rotatable bonds is 8. The average molecular weight is 366 g/mol. The Kier molecular flexibility index (Phi) is 6.69. The first-order chi connectivity index (χ1) is 10.5. The van der Waals surface area contributed by atoms with Crippen LogP contribution in [0.15, 0.2) is 14.5 Å². The Bertz CT molecular complexity index is 589. The third kappa shape index (κ3) is 4.67. The fourth-order valence-corrected chi connectivity index (χ4v) is 5.94. The first-order valence-corrected chi connectivity index (χ1v) is 10.4. The molecule has 2 rings (SSSR count). The molecule has 1 atom stereocenters. The molecule has 0 saturated carbocycles. The first-order valence-electron chi connectivity index (χ1n) is 7.27. The Morgan fingerprint density at radius 2 is 2.27 bits per heavy atom. The SMILES string of the molecule is CCN[C@H]1CN(CCCCOC)Sc2sc(S(N)(=O)=O)cc21. The summed E-state index contributed by atoms with van der Waals surface area (Å²) in [6.07, 6.45) is 2.08. The van der Waals surface area contributed by atoms with Gasteiger partial charge in [-0.1, -0.05) is 6.92 Å². The zero-order chi connectivity index (χ0) is 16.2. The molecule has 0 bridgehead atoms. The van der Waals surface area contributed by atoms with Gasteiger partial charge >= 0.3 is 0 Å². The standard InChI is InChI=1S/C13H23N3O3S3/c1-3-15-11-9-16(6-4-5-7-19-2)21-13-10(11)8-12(20-13)22(14,17)18/h8,11,15H,3-7,9H2,1-2H3,(H2,14,17,18)/t11-/m0/s1. The predicted molar refractivity (Wildman–Crippen MR) is 90.6 cm³/mol. The van der Waals surface area contributed by atoms with Crippen molar-refractivity contribution >= 4 is 33.3 Å². The molecule has 6 nitrogen and oxygen atoms in total. The maximum absolute atomic E-state index is 11.6. The van der Waals surface area contributed by atoms with Crippen LogP contribution in [-0.2, 0) is 14.8 Å². The van der Waals surface area contributed by atoms with Crippen molar-refractivity contribution in [2.24, 2.45) is 5.14 Å². The van der Waals surface area contributed by atoms with E-state index in [-0.39, 0.29) is 10.3 Å². The van der Waals surface area contributed by atoms with Gasteiger partial charge in [0.15, 0.2) is 0 Å². The van der Waals surface area contributed by atoms with E-state index in [0.29, 0.717) is 0 Å². The topological polar surface area (TPSA) is 84.7 Å². The molecule has 126 valence electrons. The molecule has 0 spiro atoms. The second-order valence-corrected chi connectivity index (χ2v) is 9.35. The summed E-state index contributed by atoms with van der Waals surface area (Å²) >= 11 is 2.90. The molecular weight excluding hydrogens is 342 g/mol. The maximum atomic E-state index is 11.6. The maximum Gasteiger partial charge on any atom is 0.247 e. The van der Waals surface area contributed by atoms with Crippen LogP contribution in [0.4, 0.5) is 0 Å². The summed E-state index contributed by atoms with van der Waals surface area (Å²) in [7, 11) is -1.92. The van der Waals surface area contributed by atoms with Crippen LogP contribution in [0.25, 0.3) is 0 Å². The van der Waals surface area contributed by atoms with E-state index in [0.717, 1.165) is 48.9 Å². The van der Waals surface area contributed by atoms with Crippen LogP contribution in [-0.4, -0.2) is 46.1 Å². The molecule has 2 heterocycles. The summed E-state index contributed by atoms with van der Waals surface area (Å²) in [4.78, 5) is 0. The Hall–Kier alpha value is -0.160. The second kappa shape index (κ2) is 8.09. The van der Waals surface area contributed by atoms with Gasteiger partial charge in [-0.05, 0) is 43.0 Å². The molecule has 0 saturated heterocycles. The van der Waals surface area contributed by atoms with Crippen LogP contribution in [0, 0.1) is 0 Å². The summed E-state index contributed by atoms with van der Waals surface area (Å²) < 4.78 is 31.8. The number of fused-ring (bicyclic) bond motifs is 1. The van der Waals surface area contributed by atoms with Crippen molar-refractivity contribution in [1.29, 1.82) is 0 Å². The number of hydrogen-bond donors (Lipinski definition) is 2. The first kappa shape index (κ1) is 18.2. The lowest BCUT2D eigenvalue weighted by Crippen LogP contribution is -2.35. The van der Waals surface area contributed by atoms with E-state index in [1.54, 1.807) is 25.1 Å². The number of hydrogen-bond acceptors (Lipinski definition) is 7. The fourth-order valence-electron chi connectivity index (χ4n) is 2.37. The third-order valence-corrected chi connectivity index (χ3v) is 7.24. The van der Waals surface area contributed by atoms with Crippen molar-refractivity contribution in [2.45, 2.75) is 34.2 Å². The highest BCUT2D eigenvalue weighted by molar-refractivity contribution is 7.99. The van der Waals surface area contributed by atoms with Crippen molar-refractivity contribution in [3.8, 4) is 0 Å². The molecular formula is C13H23N3O3S3. The minimum Gasteiger partial charge on any atom is -0.385 e. The molecule has 0 unspecified atom stereocenters. The fraction of sp³-hybridized carbons (Fsp3) is 0.692. The minimum absolute atomic E-state index is 0.149. The van der Waals surface area contributed by atoms with Crippen LogP contribution in [0.2, 0.25) is 0 Å². The van der Waals surface area contributed by atoms with Crippen LogP contribution in [0.3, 0.4) is 0 Å². The van der Waals surface area contributed by atoms with Crippen molar-refractivity contribution in [3.05, 3.63) is 11.6 Å². The van der Waals surface area contributed by atoms with E-state index in [4.69, 9.17) is 9.88 Å². The molecule has 3 N–H and O–H groups in total. The molecule has 0 amide bonds. The van der Waals surface area contributed by atoms with Gasteiger partial charge in [-0.2, -0.15) is 0 Å². The highest BCUT2D eigenvalue weighted by Crippen LogP contribution is 2.43. The van der Waals surface area contributed by atoms with E-state index in [1.165, 1.54) is 11.3 Å². The lowest BCUT2D eigenvalue weighted by Gasteiger charge is -2.31. The number of primary sulfonamides is 1. The number of sulfonamides is 1. The molecule has 0 radical (unpaired) electrons. The molecule has 9 heteroatoms. The Morgan fingerprint density at radius 1 is 1.50 bits per heavy atom. The molecule has 0 aromatic carbocycles. The molecule has 22 heavy (non-hydrogen) atoms. The Labute approximate surface area is 140 Å². The summed E-state index contributed by atoms with van der Waals surface area (Å²) in [5.41, 5.74) is 1.05. The van der Waals surface area contributed by atoms with Crippen molar-refractivity contribution in [2.75, 3.05) is 33.4 Å². The van der Waals surface area contributed by atoms with Gasteiger partial charge in [-0.3, -0.25) is 0 Å². The lowest BCUT2D eigenvalue weighted by molar-refractivity contribution is 0.190. The van der Waals surface area contributed by atoms with E-state index in [2.05, 4.69) is 16.5 Å². The van der Waals surface area contributed by atoms with Gasteiger partial charge in [0.1, 0.15) is 4.21 Å². The Balaban J connectivity index is 2.11. The number of unbranched alkanes of at least 4 members (excludes halogenated alkanes) is 1. The van der Waals surface area contributed by atoms with Crippen molar-refractivity contribution in [3.63, 3.8) is 0 Å². The summed E-state index contributed by atoms with van der Waals surface area (Å²) in [5, 5.41) is 8.69. The Morgan fingerprint density at radius 3 is 2.91 bits per heavy atom. The number of nitrogens with zero attached hydrogens (tertiary/aromatic N) is 1. The number of nitrogens with one attached hydrogen (secondary N) is 1. The second-order valence-electron chi connectivity index (χ2n) is 5.14. The lowest BCUT2D eigenvalue weighted by atomic mass is 10.1. The van der Waals surface area contributed by atoms with Crippen molar-refractivity contribution in [1.82, 2.24) is 9.62 Å². The van der Waals surface area contributed by atoms with Gasteiger partial charge in [-0.15, -0.1) is 11.3 Å². The number of thiophene rings is 1. The van der Waals surface area contributed by atoms with Crippen LogP contribution >= 0.6 is 23.3 Å². The third-order valence-electron chi connectivity index (χ3n) is 3.41. The van der Waals surface area contributed by atoms with E-state index >= 15 is 0 Å². The molecule has 1 aliphatic rings. The van der Waals surface area contributed by atoms with Crippen LogP contribution in [0.5, 0.6) is 0 Å². The van der Waals surface area contributed by atoms with Gasteiger partial charge in [0, 0.05) is 32.8 Å². The average Bonchev–Trinajstić information content (AvgIpc) is 2.88. The van der Waals surface area contributed by atoms with Crippen LogP contribution in [0.1, 0.15) is 31.4 Å². The summed E-state index contributed by atoms with van der Waals surface area (Å²) in [5.74, 6) is 0. The van der Waals surface area contributed by atoms with Gasteiger partial charge in [-0.25, -0.2) is 17.9 Å². The monoisotopic (exact) mass is 365 g/mol. The highest BCUT2D eigenvalue weighted by Gasteiger charge is 2.29. The van der Waals surface area contributed by atoms with Gasteiger partial charge in [0.2, 0.25) is 10.0 Å². The molecule has 1 aromatic rings. The van der Waals surface area contributed by atoms with Gasteiger partial charge in [0.05, 0.1) is 4.21 Å². The quantitative estimate of drug-likeness (QED) is 0.540.